The molecular formula is C14H17ClFN3O. The molecule has 0 bridgehead atoms. The van der Waals surface area contributed by atoms with Crippen LogP contribution in [-0.2, 0) is 6.42 Å². The van der Waals surface area contributed by atoms with Crippen molar-refractivity contribution in [2.45, 2.75) is 32.7 Å². The Morgan fingerprint density at radius 1 is 1.30 bits per heavy atom. The summed E-state index contributed by atoms with van der Waals surface area (Å²) in [6.07, 6.45) is 0.597. The molecule has 6 heteroatoms. The van der Waals surface area contributed by atoms with Gasteiger partial charge in [0.1, 0.15) is 5.82 Å². The molecule has 0 radical (unpaired) electrons. The van der Waals surface area contributed by atoms with Gasteiger partial charge in [0.15, 0.2) is 0 Å². The minimum Gasteiger partial charge on any atom is -0.421 e. The lowest BCUT2D eigenvalue weighted by atomic mass is 10.1. The lowest BCUT2D eigenvalue weighted by Gasteiger charge is -2.19. The molecule has 0 amide bonds. The Labute approximate surface area is 122 Å². The van der Waals surface area contributed by atoms with E-state index in [9.17, 15) is 4.39 Å². The number of nitrogens with zero attached hydrogens (tertiary/aromatic N) is 2. The van der Waals surface area contributed by atoms with E-state index < -0.39 is 5.82 Å². The highest BCUT2D eigenvalue weighted by molar-refractivity contribution is 6.30. The average molecular weight is 298 g/mol. The quantitative estimate of drug-likeness (QED) is 0.939. The van der Waals surface area contributed by atoms with Crippen LogP contribution in [0.1, 0.15) is 26.7 Å². The van der Waals surface area contributed by atoms with Crippen LogP contribution in [-0.4, -0.2) is 22.3 Å². The average Bonchev–Trinajstić information content (AvgIpc) is 2.75. The topological polar surface area (TPSA) is 51.0 Å². The van der Waals surface area contributed by atoms with E-state index in [1.165, 1.54) is 12.1 Å². The first-order valence-electron chi connectivity index (χ1n) is 6.38. The van der Waals surface area contributed by atoms with Crippen LogP contribution in [0.15, 0.2) is 22.6 Å². The molecule has 108 valence electrons. The van der Waals surface area contributed by atoms with Gasteiger partial charge >= 0.3 is 0 Å². The summed E-state index contributed by atoms with van der Waals surface area (Å²) in [7, 11) is 0. The molecule has 0 aliphatic rings. The standard InChI is InChI=1S/C14H17ClFN3O/c1-14(2,3)17-7-6-12-18-19-13(20-12)10-5-4-9(15)8-11(10)16/h4-5,8,17H,6-7H2,1-3H3. The second kappa shape index (κ2) is 5.89. The van der Waals surface area contributed by atoms with Gasteiger partial charge in [-0.05, 0) is 39.0 Å². The van der Waals surface area contributed by atoms with Gasteiger partial charge in [0.25, 0.3) is 5.89 Å². The number of halogens is 2. The SMILES string of the molecule is CC(C)(C)NCCc1nnc(-c2ccc(Cl)cc2F)o1. The van der Waals surface area contributed by atoms with Crippen molar-refractivity contribution >= 4 is 11.6 Å². The van der Waals surface area contributed by atoms with Crippen molar-refractivity contribution in [2.75, 3.05) is 6.54 Å². The third-order valence-electron chi connectivity index (χ3n) is 2.62. The molecule has 0 aliphatic carbocycles. The fourth-order valence-electron chi connectivity index (χ4n) is 1.67. The zero-order valence-electron chi connectivity index (χ0n) is 11.7. The molecule has 1 aromatic heterocycles. The van der Waals surface area contributed by atoms with Crippen molar-refractivity contribution in [2.24, 2.45) is 0 Å². The van der Waals surface area contributed by atoms with E-state index in [0.717, 1.165) is 0 Å². The molecule has 0 spiro atoms. The van der Waals surface area contributed by atoms with Crippen molar-refractivity contribution in [1.82, 2.24) is 15.5 Å². The molecule has 0 fully saturated rings. The van der Waals surface area contributed by atoms with E-state index >= 15 is 0 Å². The molecule has 2 aromatic rings. The Morgan fingerprint density at radius 3 is 2.70 bits per heavy atom. The Bertz CT molecular complexity index is 592. The summed E-state index contributed by atoms with van der Waals surface area (Å²) in [5.74, 6) is 0.177. The van der Waals surface area contributed by atoms with E-state index in [1.807, 2.05) is 0 Å². The lowest BCUT2D eigenvalue weighted by molar-refractivity contribution is 0.411. The molecule has 1 N–H and O–H groups in total. The summed E-state index contributed by atoms with van der Waals surface area (Å²) in [4.78, 5) is 0. The Morgan fingerprint density at radius 2 is 2.05 bits per heavy atom. The van der Waals surface area contributed by atoms with Crippen LogP contribution in [0.3, 0.4) is 0 Å². The first-order chi connectivity index (χ1) is 9.35. The fraction of sp³-hybridized carbons (Fsp3) is 0.429. The van der Waals surface area contributed by atoms with Gasteiger partial charge < -0.3 is 9.73 Å². The number of rotatable bonds is 4. The maximum atomic E-state index is 13.7. The highest BCUT2D eigenvalue weighted by atomic mass is 35.5. The molecule has 1 heterocycles. The van der Waals surface area contributed by atoms with Gasteiger partial charge in [-0.15, -0.1) is 10.2 Å². The molecule has 4 nitrogen and oxygen atoms in total. The second-order valence-corrected chi connectivity index (χ2v) is 5.99. The summed E-state index contributed by atoms with van der Waals surface area (Å²) < 4.78 is 19.2. The van der Waals surface area contributed by atoms with E-state index in [-0.39, 0.29) is 17.0 Å². The van der Waals surface area contributed by atoms with Crippen molar-refractivity contribution in [3.8, 4) is 11.5 Å². The smallest absolute Gasteiger partial charge is 0.250 e. The first-order valence-corrected chi connectivity index (χ1v) is 6.76. The Kier molecular flexibility index (Phi) is 4.40. The monoisotopic (exact) mass is 297 g/mol. The van der Waals surface area contributed by atoms with Crippen LogP contribution in [0.5, 0.6) is 0 Å². The van der Waals surface area contributed by atoms with Gasteiger partial charge in [-0.3, -0.25) is 0 Å². The minimum atomic E-state index is -0.472. The predicted octanol–water partition coefficient (Wildman–Crippen LogP) is 3.46. The largest absolute Gasteiger partial charge is 0.421 e. The molecular weight excluding hydrogens is 281 g/mol. The maximum Gasteiger partial charge on any atom is 0.250 e. The van der Waals surface area contributed by atoms with Crippen LogP contribution < -0.4 is 5.32 Å². The Hall–Kier alpha value is -1.46. The Balaban J connectivity index is 2.05. The molecule has 0 saturated heterocycles. The third kappa shape index (κ3) is 4.02. The van der Waals surface area contributed by atoms with Crippen LogP contribution in [0.25, 0.3) is 11.5 Å². The number of aromatic nitrogens is 2. The van der Waals surface area contributed by atoms with E-state index in [2.05, 4.69) is 36.3 Å². The maximum absolute atomic E-state index is 13.7. The summed E-state index contributed by atoms with van der Waals surface area (Å²) in [5, 5.41) is 11.4. The molecule has 20 heavy (non-hydrogen) atoms. The van der Waals surface area contributed by atoms with Crippen molar-refractivity contribution in [3.05, 3.63) is 34.9 Å². The fourth-order valence-corrected chi connectivity index (χ4v) is 1.83. The number of hydrogen-bond donors (Lipinski definition) is 1. The van der Waals surface area contributed by atoms with E-state index in [0.29, 0.717) is 23.9 Å². The van der Waals surface area contributed by atoms with Gasteiger partial charge in [-0.2, -0.15) is 0 Å². The number of benzene rings is 1. The number of hydrogen-bond acceptors (Lipinski definition) is 4. The highest BCUT2D eigenvalue weighted by Gasteiger charge is 2.14. The van der Waals surface area contributed by atoms with Gasteiger partial charge in [0.2, 0.25) is 5.89 Å². The zero-order valence-corrected chi connectivity index (χ0v) is 12.5. The summed E-state index contributed by atoms with van der Waals surface area (Å²) in [6, 6.07) is 4.34. The third-order valence-corrected chi connectivity index (χ3v) is 2.86. The molecule has 1 aromatic carbocycles. The van der Waals surface area contributed by atoms with Crippen molar-refractivity contribution in [1.29, 1.82) is 0 Å². The van der Waals surface area contributed by atoms with Crippen LogP contribution >= 0.6 is 11.6 Å². The van der Waals surface area contributed by atoms with Gasteiger partial charge in [0, 0.05) is 23.5 Å². The zero-order chi connectivity index (χ0) is 14.8. The normalized spacial score (nSPS) is 11.8. The van der Waals surface area contributed by atoms with Crippen LogP contribution in [0.4, 0.5) is 4.39 Å². The predicted molar refractivity (Wildman–Crippen MR) is 76.2 cm³/mol. The lowest BCUT2D eigenvalue weighted by Crippen LogP contribution is -2.37. The molecule has 0 saturated carbocycles. The van der Waals surface area contributed by atoms with E-state index in [1.54, 1.807) is 6.07 Å². The van der Waals surface area contributed by atoms with Gasteiger partial charge in [-0.25, -0.2) is 4.39 Å². The number of nitrogens with one attached hydrogen (secondary N) is 1. The van der Waals surface area contributed by atoms with Gasteiger partial charge in [-0.1, -0.05) is 11.6 Å². The minimum absolute atomic E-state index is 0.0329. The summed E-state index contributed by atoms with van der Waals surface area (Å²) in [6.45, 7) is 6.95. The molecule has 0 unspecified atom stereocenters. The summed E-state index contributed by atoms with van der Waals surface area (Å²) in [5.41, 5.74) is 0.294. The molecule has 2 rings (SSSR count). The highest BCUT2D eigenvalue weighted by Crippen LogP contribution is 2.24. The van der Waals surface area contributed by atoms with E-state index in [4.69, 9.17) is 16.0 Å². The molecule has 0 aliphatic heterocycles. The van der Waals surface area contributed by atoms with Gasteiger partial charge in [0.05, 0.1) is 5.56 Å². The van der Waals surface area contributed by atoms with Crippen LogP contribution in [0, 0.1) is 5.82 Å². The van der Waals surface area contributed by atoms with Crippen molar-refractivity contribution < 1.29 is 8.81 Å². The first kappa shape index (κ1) is 14.9. The summed E-state index contributed by atoms with van der Waals surface area (Å²) >= 11 is 5.71. The molecule has 0 atom stereocenters. The second-order valence-electron chi connectivity index (χ2n) is 5.55. The van der Waals surface area contributed by atoms with Crippen LogP contribution in [0.2, 0.25) is 5.02 Å². The van der Waals surface area contributed by atoms with Crippen molar-refractivity contribution in [3.63, 3.8) is 0 Å².